The van der Waals surface area contributed by atoms with Crippen LogP contribution in [0.5, 0.6) is 0 Å². The molecule has 3 rings (SSSR count). The third-order valence-electron chi connectivity index (χ3n) is 3.09. The van der Waals surface area contributed by atoms with E-state index in [9.17, 15) is 0 Å². The molecule has 0 aliphatic heterocycles. The molecular formula is C15H13. The highest BCUT2D eigenvalue weighted by atomic mass is 14.2. The Morgan fingerprint density at radius 1 is 1.13 bits per heavy atom. The minimum Gasteiger partial charge on any atom is -0.0836 e. The van der Waals surface area contributed by atoms with Gasteiger partial charge < -0.3 is 0 Å². The summed E-state index contributed by atoms with van der Waals surface area (Å²) in [5, 5.41) is 0. The molecule has 0 spiro atoms. The fourth-order valence-corrected chi connectivity index (χ4v) is 2.34. The predicted octanol–water partition coefficient (Wildman–Crippen LogP) is 3.71. The Morgan fingerprint density at radius 3 is 3.07 bits per heavy atom. The maximum atomic E-state index is 3.40. The van der Waals surface area contributed by atoms with Gasteiger partial charge in [0.15, 0.2) is 0 Å². The minimum absolute atomic E-state index is 1.01. The number of hydrogen-bond donors (Lipinski definition) is 0. The quantitative estimate of drug-likeness (QED) is 0.589. The van der Waals surface area contributed by atoms with Crippen molar-refractivity contribution in [2.45, 2.75) is 19.3 Å². The molecule has 0 aromatic heterocycles. The van der Waals surface area contributed by atoms with Crippen molar-refractivity contribution in [1.82, 2.24) is 0 Å². The summed E-state index contributed by atoms with van der Waals surface area (Å²) >= 11 is 0. The first kappa shape index (κ1) is 8.72. The third-order valence-corrected chi connectivity index (χ3v) is 3.09. The fourth-order valence-electron chi connectivity index (χ4n) is 2.34. The second-order valence-corrected chi connectivity index (χ2v) is 4.04. The van der Waals surface area contributed by atoms with Crippen LogP contribution in [0.15, 0.2) is 48.1 Å². The van der Waals surface area contributed by atoms with Crippen LogP contribution < -0.4 is 0 Å². The summed E-state index contributed by atoms with van der Waals surface area (Å²) < 4.78 is 0. The molecule has 73 valence electrons. The van der Waals surface area contributed by atoms with Gasteiger partial charge in [-0.05, 0) is 47.6 Å². The van der Waals surface area contributed by atoms with Crippen LogP contribution in [-0.4, -0.2) is 0 Å². The molecule has 2 aliphatic carbocycles. The van der Waals surface area contributed by atoms with E-state index in [1.807, 2.05) is 0 Å². The molecule has 0 amide bonds. The SMILES string of the molecule is [C]1=CCc2ccccc2C2=C1C=CCC2. The summed E-state index contributed by atoms with van der Waals surface area (Å²) in [5.41, 5.74) is 5.62. The molecule has 0 bridgehead atoms. The summed E-state index contributed by atoms with van der Waals surface area (Å²) in [6.45, 7) is 0. The second kappa shape index (κ2) is 3.54. The zero-order valence-electron chi connectivity index (χ0n) is 8.66. The van der Waals surface area contributed by atoms with Gasteiger partial charge in [0.1, 0.15) is 0 Å². The smallest absolute Gasteiger partial charge is 0.00820 e. The summed E-state index contributed by atoms with van der Waals surface area (Å²) in [7, 11) is 0. The van der Waals surface area contributed by atoms with Gasteiger partial charge in [0.2, 0.25) is 0 Å². The zero-order chi connectivity index (χ0) is 10.1. The van der Waals surface area contributed by atoms with E-state index in [4.69, 9.17) is 0 Å². The largest absolute Gasteiger partial charge is 0.0836 e. The molecule has 0 unspecified atom stereocenters. The normalized spacial score (nSPS) is 18.4. The Kier molecular flexibility index (Phi) is 2.06. The van der Waals surface area contributed by atoms with Crippen molar-refractivity contribution in [2.24, 2.45) is 0 Å². The van der Waals surface area contributed by atoms with Gasteiger partial charge >= 0.3 is 0 Å². The Bertz CT molecular complexity index is 473. The van der Waals surface area contributed by atoms with Gasteiger partial charge in [-0.15, -0.1) is 0 Å². The molecule has 1 radical (unpaired) electrons. The van der Waals surface area contributed by atoms with E-state index in [2.05, 4.69) is 48.6 Å². The number of benzene rings is 1. The minimum atomic E-state index is 1.01. The lowest BCUT2D eigenvalue weighted by atomic mass is 9.90. The molecule has 2 aliphatic rings. The van der Waals surface area contributed by atoms with E-state index < -0.39 is 0 Å². The molecule has 0 heterocycles. The van der Waals surface area contributed by atoms with Gasteiger partial charge in [-0.3, -0.25) is 0 Å². The van der Waals surface area contributed by atoms with Crippen LogP contribution in [0, 0.1) is 6.08 Å². The molecular weight excluding hydrogens is 180 g/mol. The number of allylic oxidation sites excluding steroid dienone is 6. The average Bonchev–Trinajstić information content (AvgIpc) is 2.48. The molecule has 15 heavy (non-hydrogen) atoms. The number of hydrogen-bond acceptors (Lipinski definition) is 0. The molecule has 0 nitrogen and oxygen atoms in total. The van der Waals surface area contributed by atoms with E-state index in [0.29, 0.717) is 0 Å². The van der Waals surface area contributed by atoms with Gasteiger partial charge in [0, 0.05) is 0 Å². The van der Waals surface area contributed by atoms with Gasteiger partial charge in [0.05, 0.1) is 0 Å². The summed E-state index contributed by atoms with van der Waals surface area (Å²) in [4.78, 5) is 0. The Hall–Kier alpha value is -1.56. The molecule has 1 aromatic rings. The number of fused-ring (bicyclic) bond motifs is 2. The highest BCUT2D eigenvalue weighted by Crippen LogP contribution is 2.33. The lowest BCUT2D eigenvalue weighted by Gasteiger charge is -2.14. The van der Waals surface area contributed by atoms with E-state index >= 15 is 0 Å². The van der Waals surface area contributed by atoms with Crippen LogP contribution >= 0.6 is 0 Å². The summed E-state index contributed by atoms with van der Waals surface area (Å²) in [6, 6.07) is 8.72. The molecule has 0 saturated heterocycles. The first-order valence-electron chi connectivity index (χ1n) is 5.51. The lowest BCUT2D eigenvalue weighted by molar-refractivity contribution is 1.04. The highest BCUT2D eigenvalue weighted by molar-refractivity contribution is 5.76. The van der Waals surface area contributed by atoms with E-state index in [1.54, 1.807) is 0 Å². The maximum absolute atomic E-state index is 3.40. The van der Waals surface area contributed by atoms with Crippen LogP contribution in [0.25, 0.3) is 5.57 Å². The van der Waals surface area contributed by atoms with Crippen LogP contribution in [0.1, 0.15) is 24.0 Å². The maximum Gasteiger partial charge on any atom is -0.00820 e. The topological polar surface area (TPSA) is 0 Å². The lowest BCUT2D eigenvalue weighted by Crippen LogP contribution is -1.95. The van der Waals surface area contributed by atoms with Gasteiger partial charge in [0.25, 0.3) is 0 Å². The third kappa shape index (κ3) is 1.46. The zero-order valence-corrected chi connectivity index (χ0v) is 8.66. The van der Waals surface area contributed by atoms with Crippen LogP contribution in [0.4, 0.5) is 0 Å². The highest BCUT2D eigenvalue weighted by Gasteiger charge is 2.14. The van der Waals surface area contributed by atoms with Crippen molar-refractivity contribution in [2.75, 3.05) is 0 Å². The van der Waals surface area contributed by atoms with Crippen molar-refractivity contribution >= 4 is 5.57 Å². The Morgan fingerprint density at radius 2 is 2.07 bits per heavy atom. The van der Waals surface area contributed by atoms with E-state index in [0.717, 1.165) is 19.3 Å². The van der Waals surface area contributed by atoms with Crippen molar-refractivity contribution in [3.63, 3.8) is 0 Å². The van der Waals surface area contributed by atoms with Crippen molar-refractivity contribution < 1.29 is 0 Å². The first-order valence-corrected chi connectivity index (χ1v) is 5.51. The standard InChI is InChI=1S/C15H13/c1-3-10-14-12(6-1)8-5-9-13-7-2-4-11-15(13)14/h1-3,5-7,10H,4,8,11H2. The summed E-state index contributed by atoms with van der Waals surface area (Å²) in [6.07, 6.45) is 13.3. The van der Waals surface area contributed by atoms with Crippen molar-refractivity contribution in [3.8, 4) is 0 Å². The fraction of sp³-hybridized carbons (Fsp3) is 0.200. The van der Waals surface area contributed by atoms with Crippen LogP contribution in [0.3, 0.4) is 0 Å². The first-order chi connectivity index (χ1) is 7.45. The Balaban J connectivity index is 2.23. The molecule has 0 N–H and O–H groups in total. The van der Waals surface area contributed by atoms with E-state index in [1.165, 1.54) is 22.3 Å². The predicted molar refractivity (Wildman–Crippen MR) is 63.3 cm³/mol. The molecule has 0 fully saturated rings. The molecule has 0 atom stereocenters. The van der Waals surface area contributed by atoms with Crippen LogP contribution in [-0.2, 0) is 6.42 Å². The average molecular weight is 193 g/mol. The monoisotopic (exact) mass is 193 g/mol. The van der Waals surface area contributed by atoms with Crippen molar-refractivity contribution in [3.05, 3.63) is 65.3 Å². The van der Waals surface area contributed by atoms with Gasteiger partial charge in [-0.1, -0.05) is 42.5 Å². The van der Waals surface area contributed by atoms with Crippen LogP contribution in [0.2, 0.25) is 0 Å². The number of rotatable bonds is 0. The van der Waals surface area contributed by atoms with E-state index in [-0.39, 0.29) is 0 Å². The second-order valence-electron chi connectivity index (χ2n) is 4.04. The molecule has 0 heteroatoms. The van der Waals surface area contributed by atoms with Gasteiger partial charge in [-0.2, -0.15) is 0 Å². The summed E-state index contributed by atoms with van der Waals surface area (Å²) in [5.74, 6) is 0. The van der Waals surface area contributed by atoms with Crippen molar-refractivity contribution in [1.29, 1.82) is 0 Å². The Labute approximate surface area is 90.6 Å². The van der Waals surface area contributed by atoms with Gasteiger partial charge in [-0.25, -0.2) is 0 Å². The molecule has 0 saturated carbocycles. The molecule has 1 aromatic carbocycles.